The van der Waals surface area contributed by atoms with E-state index in [2.05, 4.69) is 71.5 Å². The van der Waals surface area contributed by atoms with Gasteiger partial charge in [-0.05, 0) is 89.0 Å². The zero-order chi connectivity index (χ0) is 25.6. The van der Waals surface area contributed by atoms with Crippen molar-refractivity contribution >= 4 is 17.0 Å². The van der Waals surface area contributed by atoms with Crippen molar-refractivity contribution in [3.05, 3.63) is 80.9 Å². The summed E-state index contributed by atoms with van der Waals surface area (Å²) in [7, 11) is 4.13. The molecule has 0 radical (unpaired) electrons. The summed E-state index contributed by atoms with van der Waals surface area (Å²) in [4.78, 5) is 12.5. The van der Waals surface area contributed by atoms with Crippen LogP contribution in [-0.4, -0.2) is 49.2 Å². The summed E-state index contributed by atoms with van der Waals surface area (Å²) in [6, 6.07) is 16.8. The van der Waals surface area contributed by atoms with Crippen molar-refractivity contribution in [3.8, 4) is 6.07 Å². The third kappa shape index (κ3) is 6.51. The molecule has 6 nitrogen and oxygen atoms in total. The number of ether oxygens (including phenoxy) is 1. The number of oxime groups is 1. The summed E-state index contributed by atoms with van der Waals surface area (Å²) in [5, 5.41) is 13.7. The maximum absolute atomic E-state index is 9.09. The SMILES string of the molecule is CN(C)CC1=C2ON=C(CCC3CCN(Cc4ccccc4)CC3)C2CC=C1OCc1ccc(C#N)s1. The number of nitrogens with zero attached hydrogens (tertiary/aromatic N) is 4. The first-order valence-electron chi connectivity index (χ1n) is 13.3. The summed E-state index contributed by atoms with van der Waals surface area (Å²) in [6.07, 6.45) is 7.77. The van der Waals surface area contributed by atoms with Crippen LogP contribution in [0.2, 0.25) is 0 Å². The van der Waals surface area contributed by atoms with Gasteiger partial charge in [-0.15, -0.1) is 11.3 Å². The van der Waals surface area contributed by atoms with E-state index in [4.69, 9.17) is 14.8 Å². The van der Waals surface area contributed by atoms with E-state index in [1.807, 2.05) is 12.1 Å². The number of benzene rings is 1. The number of nitriles is 1. The van der Waals surface area contributed by atoms with Crippen LogP contribution in [0.5, 0.6) is 0 Å². The second-order valence-corrected chi connectivity index (χ2v) is 11.7. The van der Waals surface area contributed by atoms with Crippen LogP contribution in [0, 0.1) is 23.2 Å². The van der Waals surface area contributed by atoms with Gasteiger partial charge in [0.05, 0.1) is 11.6 Å². The fourth-order valence-corrected chi connectivity index (χ4v) is 6.21. The Morgan fingerprint density at radius 2 is 1.97 bits per heavy atom. The molecule has 0 spiro atoms. The highest BCUT2D eigenvalue weighted by atomic mass is 32.1. The first-order chi connectivity index (χ1) is 18.1. The minimum Gasteiger partial charge on any atom is -0.488 e. The van der Waals surface area contributed by atoms with Gasteiger partial charge in [-0.3, -0.25) is 4.90 Å². The quantitative estimate of drug-likeness (QED) is 0.391. The number of hydrogen-bond donors (Lipinski definition) is 0. The van der Waals surface area contributed by atoms with Gasteiger partial charge in [0.1, 0.15) is 23.3 Å². The number of hydrogen-bond acceptors (Lipinski definition) is 7. The average Bonchev–Trinajstić information content (AvgIpc) is 3.55. The Morgan fingerprint density at radius 3 is 2.70 bits per heavy atom. The normalized spacial score (nSPS) is 20.3. The van der Waals surface area contributed by atoms with Gasteiger partial charge in [-0.25, -0.2) is 0 Å². The minimum atomic E-state index is 0.229. The van der Waals surface area contributed by atoms with Crippen molar-refractivity contribution in [3.63, 3.8) is 0 Å². The van der Waals surface area contributed by atoms with E-state index < -0.39 is 0 Å². The van der Waals surface area contributed by atoms with E-state index in [0.717, 1.165) is 53.8 Å². The predicted molar refractivity (Wildman–Crippen MR) is 148 cm³/mol. The van der Waals surface area contributed by atoms with E-state index in [9.17, 15) is 0 Å². The zero-order valence-electron chi connectivity index (χ0n) is 21.9. The highest BCUT2D eigenvalue weighted by molar-refractivity contribution is 7.12. The molecule has 1 atom stereocenters. The van der Waals surface area contributed by atoms with Crippen molar-refractivity contribution in [1.82, 2.24) is 9.80 Å². The summed E-state index contributed by atoms with van der Waals surface area (Å²) in [5.74, 6) is 2.83. The van der Waals surface area contributed by atoms with Gasteiger partial charge >= 0.3 is 0 Å². The van der Waals surface area contributed by atoms with Gasteiger partial charge in [-0.1, -0.05) is 35.5 Å². The number of likely N-dealkylation sites (tertiary alicyclic amines) is 1. The third-order valence-corrected chi connectivity index (χ3v) is 8.46. The first kappa shape index (κ1) is 25.7. The van der Waals surface area contributed by atoms with Crippen LogP contribution < -0.4 is 0 Å². The van der Waals surface area contributed by atoms with Gasteiger partial charge in [0.15, 0.2) is 5.76 Å². The average molecular weight is 517 g/mol. The molecule has 7 heteroatoms. The zero-order valence-corrected chi connectivity index (χ0v) is 22.7. The lowest BCUT2D eigenvalue weighted by Crippen LogP contribution is -2.33. The van der Waals surface area contributed by atoms with E-state index in [-0.39, 0.29) is 5.92 Å². The molecule has 194 valence electrons. The molecule has 0 amide bonds. The summed E-state index contributed by atoms with van der Waals surface area (Å²) < 4.78 is 6.23. The third-order valence-electron chi connectivity index (χ3n) is 7.49. The fourth-order valence-electron chi connectivity index (χ4n) is 5.49. The highest BCUT2D eigenvalue weighted by Gasteiger charge is 2.36. The van der Waals surface area contributed by atoms with E-state index >= 15 is 0 Å². The molecule has 1 fully saturated rings. The topological polar surface area (TPSA) is 61.1 Å². The fraction of sp³-hybridized carbons (Fsp3) is 0.467. The molecular formula is C30H36N4O2S. The second kappa shape index (κ2) is 12.1. The van der Waals surface area contributed by atoms with E-state index in [1.54, 1.807) is 0 Å². The number of allylic oxidation sites excluding steroid dienone is 2. The largest absolute Gasteiger partial charge is 0.488 e. The van der Waals surface area contributed by atoms with Gasteiger partial charge in [0.2, 0.25) is 0 Å². The number of thiophene rings is 1. The molecule has 1 aromatic carbocycles. The van der Waals surface area contributed by atoms with Gasteiger partial charge in [0, 0.05) is 23.5 Å². The predicted octanol–water partition coefficient (Wildman–Crippen LogP) is 5.93. The molecule has 37 heavy (non-hydrogen) atoms. The molecule has 0 saturated carbocycles. The Balaban J connectivity index is 1.14. The van der Waals surface area contributed by atoms with Crippen LogP contribution >= 0.6 is 11.3 Å². The van der Waals surface area contributed by atoms with Crippen LogP contribution in [0.25, 0.3) is 0 Å². The molecule has 1 saturated heterocycles. The molecule has 3 aliphatic rings. The standard InChI is InChI=1S/C30H36N4O2S/c1-33(2)20-27-29(35-21-25-10-9-24(18-31)37-25)13-11-26-28(32-36-30(26)27)12-8-22-14-16-34(17-15-22)19-23-6-4-3-5-7-23/h3-7,9-10,13,22,26H,8,11-12,14-17,19-21H2,1-2H3. The molecular weight excluding hydrogens is 480 g/mol. The smallest absolute Gasteiger partial charge is 0.152 e. The maximum atomic E-state index is 9.09. The summed E-state index contributed by atoms with van der Waals surface area (Å²) in [5.41, 5.74) is 3.68. The number of rotatable bonds is 10. The molecule has 5 rings (SSSR count). The van der Waals surface area contributed by atoms with Crippen molar-refractivity contribution in [1.29, 1.82) is 5.26 Å². The molecule has 1 aliphatic carbocycles. The van der Waals surface area contributed by atoms with Crippen molar-refractivity contribution < 1.29 is 9.57 Å². The Labute approximate surface area is 224 Å². The van der Waals surface area contributed by atoms with Crippen LogP contribution in [0.3, 0.4) is 0 Å². The molecule has 3 heterocycles. The van der Waals surface area contributed by atoms with E-state index in [0.29, 0.717) is 11.5 Å². The second-order valence-electron chi connectivity index (χ2n) is 10.5. The number of likely N-dealkylation sites (N-methyl/N-ethyl adjacent to an activating group) is 1. The lowest BCUT2D eigenvalue weighted by Gasteiger charge is -2.32. The van der Waals surface area contributed by atoms with Crippen LogP contribution in [-0.2, 0) is 22.7 Å². The van der Waals surface area contributed by atoms with Crippen molar-refractivity contribution in [2.24, 2.45) is 17.0 Å². The molecule has 1 aromatic heterocycles. The lowest BCUT2D eigenvalue weighted by molar-refractivity contribution is 0.173. The molecule has 0 bridgehead atoms. The van der Waals surface area contributed by atoms with Crippen LogP contribution in [0.4, 0.5) is 0 Å². The van der Waals surface area contributed by atoms with E-state index in [1.165, 1.54) is 55.0 Å². The molecule has 0 N–H and O–H groups in total. The summed E-state index contributed by atoms with van der Waals surface area (Å²) in [6.45, 7) is 4.61. The molecule has 2 aliphatic heterocycles. The Bertz CT molecular complexity index is 1200. The molecule has 2 aromatic rings. The van der Waals surface area contributed by atoms with Crippen molar-refractivity contribution in [2.75, 3.05) is 33.7 Å². The summed E-state index contributed by atoms with van der Waals surface area (Å²) >= 11 is 1.48. The molecule has 1 unspecified atom stereocenters. The van der Waals surface area contributed by atoms with Crippen molar-refractivity contribution in [2.45, 2.75) is 45.3 Å². The Kier molecular flexibility index (Phi) is 8.40. The Morgan fingerprint density at radius 1 is 1.16 bits per heavy atom. The minimum absolute atomic E-state index is 0.229. The lowest BCUT2D eigenvalue weighted by atomic mass is 9.84. The first-order valence-corrected chi connectivity index (χ1v) is 14.1. The monoisotopic (exact) mass is 516 g/mol. The maximum Gasteiger partial charge on any atom is 0.152 e. The Hall–Kier alpha value is -2.92. The van der Waals surface area contributed by atoms with Crippen LogP contribution in [0.15, 0.2) is 70.8 Å². The number of fused-ring (bicyclic) bond motifs is 1. The van der Waals surface area contributed by atoms with Crippen LogP contribution in [0.1, 0.15) is 47.4 Å². The van der Waals surface area contributed by atoms with Gasteiger partial charge < -0.3 is 14.5 Å². The van der Waals surface area contributed by atoms with Gasteiger partial charge in [0.25, 0.3) is 0 Å². The van der Waals surface area contributed by atoms with Gasteiger partial charge in [-0.2, -0.15) is 5.26 Å². The highest BCUT2D eigenvalue weighted by Crippen LogP contribution is 2.39. The number of piperidine rings is 1.